The predicted molar refractivity (Wildman–Crippen MR) is 154 cm³/mol. The second-order valence-electron chi connectivity index (χ2n) is 11.1. The lowest BCUT2D eigenvalue weighted by Gasteiger charge is -2.33. The van der Waals surface area contributed by atoms with Crippen molar-refractivity contribution >= 4 is 29.0 Å². The first-order chi connectivity index (χ1) is 19.4. The van der Waals surface area contributed by atoms with Crippen molar-refractivity contribution in [1.29, 1.82) is 0 Å². The number of rotatable bonds is 6. The first-order valence-electron chi connectivity index (χ1n) is 14.0. The number of hydrogen-bond acceptors (Lipinski definition) is 7. The first-order valence-corrected chi connectivity index (χ1v) is 14.0. The van der Waals surface area contributed by atoms with E-state index >= 15 is 0 Å². The summed E-state index contributed by atoms with van der Waals surface area (Å²) in [5, 5.41) is 3.41. The fraction of sp³-hybridized carbons (Fsp3) is 0.375. The number of hydrogen-bond donors (Lipinski definition) is 1. The van der Waals surface area contributed by atoms with Crippen molar-refractivity contribution < 1.29 is 19.1 Å². The van der Waals surface area contributed by atoms with E-state index in [1.807, 2.05) is 36.4 Å². The largest absolute Gasteiger partial charge is 0.382 e. The van der Waals surface area contributed by atoms with Crippen LogP contribution in [-0.2, 0) is 22.4 Å². The number of allylic oxidation sites excluding steroid dienone is 4. The van der Waals surface area contributed by atoms with Crippen LogP contribution in [0.1, 0.15) is 51.1 Å². The first kappa shape index (κ1) is 26.3. The second kappa shape index (κ2) is 10.9. The van der Waals surface area contributed by atoms with Gasteiger partial charge in [-0.25, -0.2) is 0 Å². The van der Waals surface area contributed by atoms with Crippen LogP contribution in [0.3, 0.4) is 0 Å². The molecule has 0 radical (unpaired) electrons. The number of likely N-dealkylation sites (tertiary alicyclic amines) is 1. The molecule has 6 rings (SSSR count). The molecular weight excluding hydrogens is 504 g/mol. The maximum absolute atomic E-state index is 13.4. The summed E-state index contributed by atoms with van der Waals surface area (Å²) < 4.78 is 5.46. The van der Waals surface area contributed by atoms with Crippen molar-refractivity contribution in [3.8, 4) is 0 Å². The number of anilines is 1. The number of benzene rings is 2. The highest BCUT2D eigenvalue weighted by atomic mass is 16.5. The lowest BCUT2D eigenvalue weighted by atomic mass is 9.93. The molecule has 0 spiro atoms. The molecule has 8 nitrogen and oxygen atoms in total. The highest BCUT2D eigenvalue weighted by Gasteiger charge is 2.42. The molecule has 0 unspecified atom stereocenters. The van der Waals surface area contributed by atoms with E-state index in [-0.39, 0.29) is 29.7 Å². The van der Waals surface area contributed by atoms with Crippen molar-refractivity contribution in [2.24, 2.45) is 4.99 Å². The molecule has 206 valence electrons. The number of carbonyl (C=O) groups is 3. The number of nitrogens with one attached hydrogen (secondary N) is 1. The summed E-state index contributed by atoms with van der Waals surface area (Å²) >= 11 is 0. The molecule has 0 bridgehead atoms. The van der Waals surface area contributed by atoms with Crippen LogP contribution < -0.4 is 5.32 Å². The Hall–Kier alpha value is -3.88. The van der Waals surface area contributed by atoms with Gasteiger partial charge in [0.15, 0.2) is 5.78 Å². The quantitative estimate of drug-likeness (QED) is 0.444. The number of imide groups is 1. The van der Waals surface area contributed by atoms with Gasteiger partial charge in [-0.05, 0) is 68.7 Å². The number of amides is 2. The van der Waals surface area contributed by atoms with Gasteiger partial charge in [-0.15, -0.1) is 0 Å². The van der Waals surface area contributed by atoms with Gasteiger partial charge in [0, 0.05) is 37.4 Å². The molecule has 3 heterocycles. The van der Waals surface area contributed by atoms with E-state index in [2.05, 4.69) is 29.4 Å². The Balaban J connectivity index is 1.28. The van der Waals surface area contributed by atoms with E-state index < -0.39 is 0 Å². The van der Waals surface area contributed by atoms with E-state index in [1.165, 1.54) is 4.90 Å². The molecule has 2 amide bonds. The Kier molecular flexibility index (Phi) is 7.21. The molecule has 1 atom stereocenters. The van der Waals surface area contributed by atoms with Crippen molar-refractivity contribution in [3.63, 3.8) is 0 Å². The summed E-state index contributed by atoms with van der Waals surface area (Å²) in [5.41, 5.74) is 5.69. The predicted octanol–water partition coefficient (Wildman–Crippen LogP) is 3.83. The summed E-state index contributed by atoms with van der Waals surface area (Å²) in [4.78, 5) is 48.6. The minimum absolute atomic E-state index is 0.000527. The van der Waals surface area contributed by atoms with Gasteiger partial charge in [-0.1, -0.05) is 36.4 Å². The van der Waals surface area contributed by atoms with Gasteiger partial charge in [0.2, 0.25) is 0 Å². The van der Waals surface area contributed by atoms with Gasteiger partial charge in [0.25, 0.3) is 11.8 Å². The molecule has 1 saturated heterocycles. The van der Waals surface area contributed by atoms with E-state index in [0.29, 0.717) is 48.3 Å². The van der Waals surface area contributed by atoms with Gasteiger partial charge in [0.1, 0.15) is 0 Å². The summed E-state index contributed by atoms with van der Waals surface area (Å²) in [5.74, 6) is -0.427. The van der Waals surface area contributed by atoms with Gasteiger partial charge in [-0.3, -0.25) is 24.3 Å². The number of ketones is 1. The molecule has 1 aliphatic carbocycles. The molecule has 1 N–H and O–H groups in total. The summed E-state index contributed by atoms with van der Waals surface area (Å²) in [7, 11) is 3.72. The zero-order chi connectivity index (χ0) is 27.8. The zero-order valence-corrected chi connectivity index (χ0v) is 23.0. The molecule has 0 aromatic heterocycles. The standard InChI is InChI=1S/C32H34N4O4/c1-35-13-11-23(12-14-35)36-31(38)24-16-21-17-28(34-27(21)18-25(24)32(36)39)30-26(9-6-10-29(30)37)33-22(19-40-2)15-20-7-4-3-5-8-20/h3-9,16,18,22-23,34H,10-15,17,19H2,1-2H3/t22-/m0/s1. The molecule has 8 heteroatoms. The van der Waals surface area contributed by atoms with E-state index in [4.69, 9.17) is 9.73 Å². The van der Waals surface area contributed by atoms with Gasteiger partial charge >= 0.3 is 0 Å². The van der Waals surface area contributed by atoms with E-state index in [1.54, 1.807) is 13.2 Å². The number of aliphatic imine (C=N–C) groups is 1. The number of fused-ring (bicyclic) bond motifs is 2. The lowest BCUT2D eigenvalue weighted by Crippen LogP contribution is -2.46. The molecular formula is C32H34N4O4. The molecule has 40 heavy (non-hydrogen) atoms. The van der Waals surface area contributed by atoms with Crippen LogP contribution in [0.15, 0.2) is 70.9 Å². The summed E-state index contributed by atoms with van der Waals surface area (Å²) in [6.45, 7) is 2.17. The Bertz CT molecular complexity index is 1400. The highest BCUT2D eigenvalue weighted by molar-refractivity contribution is 6.29. The Labute approximate surface area is 234 Å². The molecule has 2 aromatic carbocycles. The minimum Gasteiger partial charge on any atom is -0.382 e. The fourth-order valence-electron chi connectivity index (χ4n) is 6.20. The minimum atomic E-state index is -0.220. The number of carbonyl (C=O) groups excluding carboxylic acids is 3. The smallest absolute Gasteiger partial charge is 0.261 e. The maximum Gasteiger partial charge on any atom is 0.261 e. The van der Waals surface area contributed by atoms with Gasteiger partial charge < -0.3 is 15.0 Å². The average molecular weight is 539 g/mol. The number of methoxy groups -OCH3 is 1. The number of Topliss-reactive ketones (excluding diaryl/α,β-unsaturated/α-hetero) is 1. The van der Waals surface area contributed by atoms with Gasteiger partial charge in [0.05, 0.1) is 35.1 Å². The van der Waals surface area contributed by atoms with Crippen LogP contribution in [-0.4, -0.2) is 79.0 Å². The highest BCUT2D eigenvalue weighted by Crippen LogP contribution is 2.38. The van der Waals surface area contributed by atoms with Crippen molar-refractivity contribution in [1.82, 2.24) is 9.80 Å². The fourth-order valence-corrected chi connectivity index (χ4v) is 6.20. The number of ether oxygens (including phenoxy) is 1. The molecule has 2 aromatic rings. The third kappa shape index (κ3) is 4.93. The topological polar surface area (TPSA) is 91.3 Å². The normalized spacial score (nSPS) is 23.1. The van der Waals surface area contributed by atoms with Crippen molar-refractivity contribution in [2.75, 3.05) is 39.2 Å². The third-order valence-electron chi connectivity index (χ3n) is 8.26. The molecule has 1 fully saturated rings. The lowest BCUT2D eigenvalue weighted by molar-refractivity contribution is -0.114. The molecule has 0 saturated carbocycles. The van der Waals surface area contributed by atoms with Crippen LogP contribution in [0.5, 0.6) is 0 Å². The van der Waals surface area contributed by atoms with Crippen LogP contribution in [0.2, 0.25) is 0 Å². The Morgan fingerprint density at radius 2 is 1.77 bits per heavy atom. The number of piperidine rings is 1. The van der Waals surface area contributed by atoms with Crippen LogP contribution >= 0.6 is 0 Å². The molecule has 3 aliphatic heterocycles. The Morgan fingerprint density at radius 3 is 2.50 bits per heavy atom. The second-order valence-corrected chi connectivity index (χ2v) is 11.1. The van der Waals surface area contributed by atoms with Crippen molar-refractivity contribution in [2.45, 2.75) is 44.2 Å². The molecule has 4 aliphatic rings. The van der Waals surface area contributed by atoms with E-state index in [9.17, 15) is 14.4 Å². The zero-order valence-electron chi connectivity index (χ0n) is 23.0. The third-order valence-corrected chi connectivity index (χ3v) is 8.26. The van der Waals surface area contributed by atoms with E-state index in [0.717, 1.165) is 48.4 Å². The SMILES string of the molecule is COC[C@H](Cc1ccccc1)N=C1C=CCC(=O)C1=C1Cc2cc3c(cc2N1)C(=O)N(C1CCN(C)CC1)C3=O. The van der Waals surface area contributed by atoms with Crippen LogP contribution in [0.25, 0.3) is 0 Å². The van der Waals surface area contributed by atoms with Gasteiger partial charge in [-0.2, -0.15) is 0 Å². The average Bonchev–Trinajstić information content (AvgIpc) is 3.46. The summed E-state index contributed by atoms with van der Waals surface area (Å²) in [6, 6.07) is 13.5. The monoisotopic (exact) mass is 538 g/mol. The maximum atomic E-state index is 13.4. The van der Waals surface area contributed by atoms with Crippen LogP contribution in [0, 0.1) is 0 Å². The number of nitrogens with zero attached hydrogens (tertiary/aromatic N) is 3. The summed E-state index contributed by atoms with van der Waals surface area (Å²) in [6.07, 6.45) is 6.83. The Morgan fingerprint density at radius 1 is 1.05 bits per heavy atom. The van der Waals surface area contributed by atoms with Crippen LogP contribution in [0.4, 0.5) is 5.69 Å². The van der Waals surface area contributed by atoms with Crippen molar-refractivity contribution in [3.05, 3.63) is 88.1 Å².